The number of rotatable bonds is 2. The molecule has 0 aliphatic rings. The van der Waals surface area contributed by atoms with E-state index in [0.717, 1.165) is 12.2 Å². The molecule has 0 radical (unpaired) electrons. The summed E-state index contributed by atoms with van der Waals surface area (Å²) in [6, 6.07) is 0. The Morgan fingerprint density at radius 3 is 2.22 bits per heavy atom. The molecule has 0 saturated heterocycles. The SMILES string of the molecule is O=CC=CCC(F)(F)F. The number of hydrogen-bond acceptors (Lipinski definition) is 1. The monoisotopic (exact) mass is 138 g/mol. The molecule has 0 saturated carbocycles. The van der Waals surface area contributed by atoms with E-state index >= 15 is 0 Å². The molecule has 0 aliphatic carbocycles. The Bertz CT molecular complexity index is 114. The minimum absolute atomic E-state index is 0.311. The van der Waals surface area contributed by atoms with E-state index in [9.17, 15) is 18.0 Å². The number of hydrogen-bond donors (Lipinski definition) is 0. The molecule has 0 fully saturated rings. The number of aldehydes is 1. The van der Waals surface area contributed by atoms with E-state index in [1.54, 1.807) is 0 Å². The Labute approximate surface area is 50.2 Å². The highest BCUT2D eigenvalue weighted by Crippen LogP contribution is 2.19. The van der Waals surface area contributed by atoms with Crippen LogP contribution in [0.4, 0.5) is 13.2 Å². The molecule has 0 rings (SSSR count). The van der Waals surface area contributed by atoms with E-state index in [4.69, 9.17) is 0 Å². The maximum Gasteiger partial charge on any atom is 0.392 e. The van der Waals surface area contributed by atoms with Crippen LogP contribution in [0.2, 0.25) is 0 Å². The van der Waals surface area contributed by atoms with Crippen molar-refractivity contribution in [2.45, 2.75) is 12.6 Å². The highest BCUT2D eigenvalue weighted by molar-refractivity contribution is 5.64. The molecule has 0 amide bonds. The quantitative estimate of drug-likeness (QED) is 0.419. The molecular formula is C5H5F3O. The normalized spacial score (nSPS) is 12.3. The maximum atomic E-state index is 11.2. The van der Waals surface area contributed by atoms with E-state index in [2.05, 4.69) is 0 Å². The third-order valence-corrected chi connectivity index (χ3v) is 0.564. The zero-order valence-corrected chi connectivity index (χ0v) is 4.48. The van der Waals surface area contributed by atoms with Gasteiger partial charge in [-0.3, -0.25) is 4.79 Å². The van der Waals surface area contributed by atoms with Gasteiger partial charge < -0.3 is 0 Å². The lowest BCUT2D eigenvalue weighted by atomic mass is 10.4. The summed E-state index contributed by atoms with van der Waals surface area (Å²) in [6.07, 6.45) is -3.32. The average Bonchev–Trinajstić information content (AvgIpc) is 1.63. The third kappa shape index (κ3) is 7.20. The summed E-state index contributed by atoms with van der Waals surface area (Å²) in [5.74, 6) is 0. The van der Waals surface area contributed by atoms with Gasteiger partial charge in [-0.2, -0.15) is 13.2 Å². The molecule has 0 N–H and O–H groups in total. The Kier molecular flexibility index (Phi) is 2.98. The van der Waals surface area contributed by atoms with Crippen LogP contribution in [0.3, 0.4) is 0 Å². The molecular weight excluding hydrogens is 133 g/mol. The van der Waals surface area contributed by atoms with Gasteiger partial charge in [-0.15, -0.1) is 0 Å². The number of alkyl halides is 3. The predicted molar refractivity (Wildman–Crippen MR) is 25.9 cm³/mol. The van der Waals surface area contributed by atoms with Crippen LogP contribution in [0.15, 0.2) is 12.2 Å². The van der Waals surface area contributed by atoms with E-state index in [1.807, 2.05) is 0 Å². The lowest BCUT2D eigenvalue weighted by Crippen LogP contribution is -2.03. The van der Waals surface area contributed by atoms with Gasteiger partial charge in [0.15, 0.2) is 0 Å². The summed E-state index contributed by atoms with van der Waals surface area (Å²) in [5, 5.41) is 0. The number of allylic oxidation sites excluding steroid dienone is 2. The number of carbonyl (C=O) groups is 1. The van der Waals surface area contributed by atoms with Gasteiger partial charge in [0.2, 0.25) is 0 Å². The second kappa shape index (κ2) is 3.27. The fourth-order valence-electron chi connectivity index (χ4n) is 0.257. The molecule has 1 nitrogen and oxygen atoms in total. The van der Waals surface area contributed by atoms with Crippen LogP contribution < -0.4 is 0 Å². The molecule has 9 heavy (non-hydrogen) atoms. The summed E-state index contributed by atoms with van der Waals surface area (Å²) in [4.78, 5) is 9.44. The van der Waals surface area contributed by atoms with E-state index < -0.39 is 12.6 Å². The number of halogens is 3. The maximum absolute atomic E-state index is 11.2. The minimum Gasteiger partial charge on any atom is -0.299 e. The Morgan fingerprint density at radius 2 is 1.89 bits per heavy atom. The molecule has 0 spiro atoms. The van der Waals surface area contributed by atoms with E-state index in [-0.39, 0.29) is 0 Å². The molecule has 4 heteroatoms. The molecule has 0 bridgehead atoms. The van der Waals surface area contributed by atoms with Gasteiger partial charge in [0.25, 0.3) is 0 Å². The van der Waals surface area contributed by atoms with Crippen LogP contribution in [0.5, 0.6) is 0 Å². The summed E-state index contributed by atoms with van der Waals surface area (Å²) in [6.45, 7) is 0. The van der Waals surface area contributed by atoms with E-state index in [0.29, 0.717) is 6.29 Å². The van der Waals surface area contributed by atoms with Crippen molar-refractivity contribution in [2.75, 3.05) is 0 Å². The van der Waals surface area contributed by atoms with Crippen molar-refractivity contribution in [3.63, 3.8) is 0 Å². The summed E-state index contributed by atoms with van der Waals surface area (Å²) >= 11 is 0. The summed E-state index contributed by atoms with van der Waals surface area (Å²) in [7, 11) is 0. The molecule has 0 aromatic carbocycles. The van der Waals surface area contributed by atoms with Crippen molar-refractivity contribution in [1.29, 1.82) is 0 Å². The van der Waals surface area contributed by atoms with Crippen molar-refractivity contribution < 1.29 is 18.0 Å². The van der Waals surface area contributed by atoms with Gasteiger partial charge in [-0.1, -0.05) is 6.08 Å². The topological polar surface area (TPSA) is 17.1 Å². The van der Waals surface area contributed by atoms with Crippen LogP contribution in [-0.2, 0) is 4.79 Å². The molecule has 52 valence electrons. The molecule has 0 unspecified atom stereocenters. The Hall–Kier alpha value is -0.800. The minimum atomic E-state index is -4.19. The Balaban J connectivity index is 3.50. The van der Waals surface area contributed by atoms with Gasteiger partial charge in [0.05, 0.1) is 6.42 Å². The molecule has 0 heterocycles. The first kappa shape index (κ1) is 8.20. The lowest BCUT2D eigenvalue weighted by molar-refractivity contribution is -0.125. The van der Waals surface area contributed by atoms with Gasteiger partial charge >= 0.3 is 6.18 Å². The van der Waals surface area contributed by atoms with Gasteiger partial charge in [0.1, 0.15) is 6.29 Å². The van der Waals surface area contributed by atoms with Crippen LogP contribution in [0.25, 0.3) is 0 Å². The highest BCUT2D eigenvalue weighted by Gasteiger charge is 2.24. The fraction of sp³-hybridized carbons (Fsp3) is 0.400. The first-order valence-corrected chi connectivity index (χ1v) is 2.23. The molecule has 0 aromatic rings. The van der Waals surface area contributed by atoms with Gasteiger partial charge in [0, 0.05) is 0 Å². The second-order valence-electron chi connectivity index (χ2n) is 1.38. The van der Waals surface area contributed by atoms with Crippen LogP contribution in [-0.4, -0.2) is 12.5 Å². The summed E-state index contributed by atoms with van der Waals surface area (Å²) < 4.78 is 33.6. The lowest BCUT2D eigenvalue weighted by Gasteiger charge is -1.98. The first-order chi connectivity index (χ1) is 4.06. The molecule has 0 aliphatic heterocycles. The predicted octanol–water partition coefficient (Wildman–Crippen LogP) is 1.69. The largest absolute Gasteiger partial charge is 0.392 e. The van der Waals surface area contributed by atoms with Gasteiger partial charge in [-0.25, -0.2) is 0 Å². The van der Waals surface area contributed by atoms with Crippen molar-refractivity contribution in [3.8, 4) is 0 Å². The smallest absolute Gasteiger partial charge is 0.299 e. The van der Waals surface area contributed by atoms with Gasteiger partial charge in [-0.05, 0) is 6.08 Å². The molecule has 0 atom stereocenters. The van der Waals surface area contributed by atoms with Crippen LogP contribution >= 0.6 is 0 Å². The fourth-order valence-corrected chi connectivity index (χ4v) is 0.257. The zero-order chi connectivity index (χ0) is 7.33. The number of carbonyl (C=O) groups excluding carboxylic acids is 1. The van der Waals surface area contributed by atoms with Crippen LogP contribution in [0, 0.1) is 0 Å². The van der Waals surface area contributed by atoms with E-state index in [1.165, 1.54) is 0 Å². The molecule has 0 aromatic heterocycles. The van der Waals surface area contributed by atoms with Crippen molar-refractivity contribution in [3.05, 3.63) is 12.2 Å². The standard InChI is InChI=1S/C5H5F3O/c6-5(7,8)3-1-2-4-9/h1-2,4H,3H2. The van der Waals surface area contributed by atoms with Crippen molar-refractivity contribution >= 4 is 6.29 Å². The average molecular weight is 138 g/mol. The highest BCUT2D eigenvalue weighted by atomic mass is 19.4. The summed E-state index contributed by atoms with van der Waals surface area (Å²) in [5.41, 5.74) is 0. The third-order valence-electron chi connectivity index (χ3n) is 0.564. The van der Waals surface area contributed by atoms with Crippen molar-refractivity contribution in [1.82, 2.24) is 0 Å². The Morgan fingerprint density at radius 1 is 1.33 bits per heavy atom. The van der Waals surface area contributed by atoms with Crippen LogP contribution in [0.1, 0.15) is 6.42 Å². The zero-order valence-electron chi connectivity index (χ0n) is 4.48. The first-order valence-electron chi connectivity index (χ1n) is 2.23. The van der Waals surface area contributed by atoms with Crippen molar-refractivity contribution in [2.24, 2.45) is 0 Å². The second-order valence-corrected chi connectivity index (χ2v) is 1.38.